The van der Waals surface area contributed by atoms with Crippen molar-refractivity contribution in [2.45, 2.75) is 45.7 Å². The van der Waals surface area contributed by atoms with Crippen molar-refractivity contribution in [2.75, 3.05) is 0 Å². The number of aromatic nitrogens is 1. The van der Waals surface area contributed by atoms with E-state index in [1.165, 1.54) is 40.6 Å². The lowest BCUT2D eigenvalue weighted by atomic mass is 10.0. The molecular formula is C15H20N2. The summed E-state index contributed by atoms with van der Waals surface area (Å²) in [6, 6.07) is 6.95. The first-order valence-electron chi connectivity index (χ1n) is 6.53. The van der Waals surface area contributed by atoms with E-state index in [9.17, 15) is 0 Å². The van der Waals surface area contributed by atoms with E-state index in [1.54, 1.807) is 0 Å². The monoisotopic (exact) mass is 228 g/mol. The molecule has 1 aliphatic heterocycles. The van der Waals surface area contributed by atoms with Gasteiger partial charge in [0.05, 0.1) is 5.52 Å². The van der Waals surface area contributed by atoms with E-state index >= 15 is 0 Å². The van der Waals surface area contributed by atoms with Crippen LogP contribution in [0.4, 0.5) is 0 Å². The largest absolute Gasteiger partial charge is 0.344 e. The molecule has 1 unspecified atom stereocenters. The summed E-state index contributed by atoms with van der Waals surface area (Å²) in [5, 5.41) is 1.43. The molecule has 3 rings (SSSR count). The first-order valence-corrected chi connectivity index (χ1v) is 6.53. The summed E-state index contributed by atoms with van der Waals surface area (Å²) >= 11 is 0. The third-order valence-corrected chi connectivity index (χ3v) is 3.91. The molecule has 0 saturated carbocycles. The predicted octanol–water partition coefficient (Wildman–Crippen LogP) is 2.79. The third kappa shape index (κ3) is 1.59. The maximum absolute atomic E-state index is 5.98. The van der Waals surface area contributed by atoms with E-state index in [1.807, 2.05) is 0 Å². The Hall–Kier alpha value is -1.28. The quantitative estimate of drug-likeness (QED) is 0.842. The molecule has 2 N–H and O–H groups in total. The maximum atomic E-state index is 5.98. The van der Waals surface area contributed by atoms with E-state index in [0.29, 0.717) is 0 Å². The topological polar surface area (TPSA) is 30.9 Å². The number of hydrogen-bond donors (Lipinski definition) is 1. The van der Waals surface area contributed by atoms with Crippen molar-refractivity contribution >= 4 is 10.9 Å². The zero-order valence-electron chi connectivity index (χ0n) is 10.7. The highest BCUT2D eigenvalue weighted by molar-refractivity contribution is 5.88. The van der Waals surface area contributed by atoms with Gasteiger partial charge in [0.1, 0.15) is 0 Å². The third-order valence-electron chi connectivity index (χ3n) is 3.91. The van der Waals surface area contributed by atoms with Crippen LogP contribution in [-0.2, 0) is 19.4 Å². The minimum Gasteiger partial charge on any atom is -0.344 e. The fourth-order valence-electron chi connectivity index (χ4n) is 3.17. The summed E-state index contributed by atoms with van der Waals surface area (Å²) < 4.78 is 2.49. The molecule has 0 fully saturated rings. The molecule has 0 radical (unpaired) electrons. The van der Waals surface area contributed by atoms with Crippen LogP contribution >= 0.6 is 0 Å². The van der Waals surface area contributed by atoms with E-state index in [-0.39, 0.29) is 6.04 Å². The minimum atomic E-state index is 0.233. The van der Waals surface area contributed by atoms with Gasteiger partial charge in [0.25, 0.3) is 0 Å². The number of aryl methyl sites for hydroxylation is 2. The van der Waals surface area contributed by atoms with E-state index < -0.39 is 0 Å². The minimum absolute atomic E-state index is 0.233. The van der Waals surface area contributed by atoms with Gasteiger partial charge in [0.2, 0.25) is 0 Å². The molecule has 0 aliphatic carbocycles. The molecule has 0 amide bonds. The van der Waals surface area contributed by atoms with Crippen LogP contribution in [0.15, 0.2) is 18.2 Å². The van der Waals surface area contributed by atoms with Gasteiger partial charge in [0, 0.05) is 23.7 Å². The van der Waals surface area contributed by atoms with Crippen LogP contribution in [0.1, 0.15) is 30.2 Å². The number of rotatable bonds is 2. The average Bonchev–Trinajstić information content (AvgIpc) is 2.57. The molecule has 2 aromatic rings. The van der Waals surface area contributed by atoms with Crippen molar-refractivity contribution in [1.82, 2.24) is 4.57 Å². The molecule has 0 spiro atoms. The molecule has 2 nitrogen and oxygen atoms in total. The van der Waals surface area contributed by atoms with E-state index in [0.717, 1.165) is 13.0 Å². The van der Waals surface area contributed by atoms with Crippen molar-refractivity contribution < 1.29 is 0 Å². The molecule has 90 valence electrons. The number of hydrogen-bond acceptors (Lipinski definition) is 1. The molecule has 0 saturated heterocycles. The second-order valence-electron chi connectivity index (χ2n) is 5.31. The van der Waals surface area contributed by atoms with Crippen LogP contribution < -0.4 is 5.73 Å². The van der Waals surface area contributed by atoms with Crippen molar-refractivity contribution in [3.8, 4) is 0 Å². The Balaban J connectivity index is 2.30. The van der Waals surface area contributed by atoms with Crippen molar-refractivity contribution in [3.05, 3.63) is 35.0 Å². The van der Waals surface area contributed by atoms with Crippen molar-refractivity contribution in [3.63, 3.8) is 0 Å². The Morgan fingerprint density at radius 3 is 3.00 bits per heavy atom. The molecule has 1 aliphatic rings. The molecule has 2 heteroatoms. The molecule has 1 aromatic carbocycles. The number of benzene rings is 1. The Labute approximate surface area is 102 Å². The fraction of sp³-hybridized carbons (Fsp3) is 0.467. The average molecular weight is 228 g/mol. The standard InChI is InChI=1S/C15H20N2/c1-10(16)9-14-11(2)17-8-4-6-12-5-3-7-13(14)15(12)17/h3,5,7,10H,4,6,8-9,16H2,1-2H3. The normalized spacial score (nSPS) is 16.4. The molecule has 0 bridgehead atoms. The summed E-state index contributed by atoms with van der Waals surface area (Å²) in [4.78, 5) is 0. The fourth-order valence-corrected chi connectivity index (χ4v) is 3.17. The van der Waals surface area contributed by atoms with Gasteiger partial charge in [0.15, 0.2) is 0 Å². The van der Waals surface area contributed by atoms with Gasteiger partial charge >= 0.3 is 0 Å². The highest BCUT2D eigenvalue weighted by Crippen LogP contribution is 2.32. The van der Waals surface area contributed by atoms with Gasteiger partial charge in [-0.25, -0.2) is 0 Å². The summed E-state index contributed by atoms with van der Waals surface area (Å²) in [7, 11) is 0. The van der Waals surface area contributed by atoms with E-state index in [2.05, 4.69) is 36.6 Å². The predicted molar refractivity (Wildman–Crippen MR) is 72.3 cm³/mol. The molecule has 17 heavy (non-hydrogen) atoms. The summed E-state index contributed by atoms with van der Waals surface area (Å²) in [6.45, 7) is 5.50. The number of nitrogens with zero attached hydrogens (tertiary/aromatic N) is 1. The first-order chi connectivity index (χ1) is 8.18. The van der Waals surface area contributed by atoms with Crippen LogP contribution in [0, 0.1) is 6.92 Å². The summed E-state index contributed by atoms with van der Waals surface area (Å²) in [6.07, 6.45) is 3.47. The summed E-state index contributed by atoms with van der Waals surface area (Å²) in [5.74, 6) is 0. The number of nitrogens with two attached hydrogens (primary N) is 1. The van der Waals surface area contributed by atoms with Crippen LogP contribution in [0.5, 0.6) is 0 Å². The first kappa shape index (κ1) is 10.8. The van der Waals surface area contributed by atoms with Crippen LogP contribution in [0.2, 0.25) is 0 Å². The molecule has 1 aromatic heterocycles. The lowest BCUT2D eigenvalue weighted by Crippen LogP contribution is -2.18. The Morgan fingerprint density at radius 2 is 2.24 bits per heavy atom. The Morgan fingerprint density at radius 1 is 1.41 bits per heavy atom. The van der Waals surface area contributed by atoms with Gasteiger partial charge in [-0.3, -0.25) is 0 Å². The lowest BCUT2D eigenvalue weighted by molar-refractivity contribution is 0.618. The lowest BCUT2D eigenvalue weighted by Gasteiger charge is -2.16. The number of para-hydroxylation sites is 1. The second kappa shape index (κ2) is 3.88. The van der Waals surface area contributed by atoms with Crippen LogP contribution in [0.3, 0.4) is 0 Å². The van der Waals surface area contributed by atoms with Crippen molar-refractivity contribution in [2.24, 2.45) is 5.73 Å². The molecule has 2 heterocycles. The highest BCUT2D eigenvalue weighted by Gasteiger charge is 2.19. The van der Waals surface area contributed by atoms with Gasteiger partial charge in [-0.15, -0.1) is 0 Å². The second-order valence-corrected chi connectivity index (χ2v) is 5.31. The molecule has 1 atom stereocenters. The Bertz CT molecular complexity index is 564. The maximum Gasteiger partial charge on any atom is 0.0517 e. The summed E-state index contributed by atoms with van der Waals surface area (Å²) in [5.41, 5.74) is 11.8. The van der Waals surface area contributed by atoms with Crippen LogP contribution in [-0.4, -0.2) is 10.6 Å². The van der Waals surface area contributed by atoms with E-state index in [4.69, 9.17) is 5.73 Å². The van der Waals surface area contributed by atoms with Gasteiger partial charge in [-0.1, -0.05) is 18.2 Å². The SMILES string of the molecule is Cc1c(CC(C)N)c2cccc3c2n1CCC3. The van der Waals surface area contributed by atoms with Crippen molar-refractivity contribution in [1.29, 1.82) is 0 Å². The van der Waals surface area contributed by atoms with Crippen LogP contribution in [0.25, 0.3) is 10.9 Å². The van der Waals surface area contributed by atoms with Gasteiger partial charge < -0.3 is 10.3 Å². The zero-order valence-corrected chi connectivity index (χ0v) is 10.7. The molecular weight excluding hydrogens is 208 g/mol. The highest BCUT2D eigenvalue weighted by atomic mass is 15.0. The smallest absolute Gasteiger partial charge is 0.0517 e. The Kier molecular flexibility index (Phi) is 2.48. The van der Waals surface area contributed by atoms with Gasteiger partial charge in [-0.05, 0) is 44.2 Å². The zero-order chi connectivity index (χ0) is 12.0. The van der Waals surface area contributed by atoms with Gasteiger partial charge in [-0.2, -0.15) is 0 Å².